The summed E-state index contributed by atoms with van der Waals surface area (Å²) in [5.74, 6) is -0.598. The fraction of sp³-hybridized carbons (Fsp3) is 0.444. The van der Waals surface area contributed by atoms with Crippen LogP contribution in [0.4, 0.5) is 0 Å². The molecule has 1 aliphatic heterocycles. The van der Waals surface area contributed by atoms with Gasteiger partial charge < -0.3 is 9.47 Å². The molecule has 0 unspecified atom stereocenters. The van der Waals surface area contributed by atoms with Gasteiger partial charge in [0.25, 0.3) is 0 Å². The lowest BCUT2D eigenvalue weighted by Gasteiger charge is -2.30. The van der Waals surface area contributed by atoms with Crippen molar-refractivity contribution in [3.8, 4) is 0 Å². The van der Waals surface area contributed by atoms with Gasteiger partial charge in [0, 0.05) is 20.3 Å². The smallest absolute Gasteiger partial charge is 0.337 e. The molecule has 0 N–H and O–H groups in total. The normalized spacial score (nSPS) is 20.5. The summed E-state index contributed by atoms with van der Waals surface area (Å²) < 4.78 is 10.2. The van der Waals surface area contributed by atoms with E-state index >= 15 is 0 Å². The summed E-state index contributed by atoms with van der Waals surface area (Å²) in [6, 6.07) is 0. The van der Waals surface area contributed by atoms with Crippen molar-refractivity contribution in [3.05, 3.63) is 24.5 Å². The van der Waals surface area contributed by atoms with Crippen LogP contribution >= 0.6 is 0 Å². The summed E-state index contributed by atoms with van der Waals surface area (Å²) in [6.45, 7) is 6.95. The zero-order chi connectivity index (χ0) is 9.19. The first kappa shape index (κ1) is 8.84. The third kappa shape index (κ3) is 2.12. The number of hydrogen-bond donors (Lipinski definition) is 0. The molecule has 0 atom stereocenters. The molecule has 0 spiro atoms. The fourth-order valence-corrected chi connectivity index (χ4v) is 1.01. The van der Waals surface area contributed by atoms with Gasteiger partial charge in [0.1, 0.15) is 5.76 Å². The Morgan fingerprint density at radius 1 is 1.58 bits per heavy atom. The van der Waals surface area contributed by atoms with E-state index in [1.807, 2.05) is 0 Å². The van der Waals surface area contributed by atoms with Gasteiger partial charge in [-0.3, -0.25) is 0 Å². The zero-order valence-electron chi connectivity index (χ0n) is 7.29. The number of cyclic esters (lactones) is 1. The molecule has 12 heavy (non-hydrogen) atoms. The average molecular weight is 168 g/mol. The lowest BCUT2D eigenvalue weighted by Crippen LogP contribution is -2.34. The van der Waals surface area contributed by atoms with Gasteiger partial charge in [0.05, 0.1) is 6.08 Å². The van der Waals surface area contributed by atoms with Crippen molar-refractivity contribution in [3.63, 3.8) is 0 Å². The van der Waals surface area contributed by atoms with Crippen molar-refractivity contribution in [1.82, 2.24) is 0 Å². The summed E-state index contributed by atoms with van der Waals surface area (Å²) in [4.78, 5) is 11.0. The molecule has 0 saturated heterocycles. The van der Waals surface area contributed by atoms with Crippen molar-refractivity contribution in [2.24, 2.45) is 0 Å². The van der Waals surface area contributed by atoms with Crippen molar-refractivity contribution in [2.45, 2.75) is 26.1 Å². The van der Waals surface area contributed by atoms with Crippen LogP contribution < -0.4 is 0 Å². The summed E-state index contributed by atoms with van der Waals surface area (Å²) in [5.41, 5.74) is 0. The van der Waals surface area contributed by atoms with E-state index in [0.717, 1.165) is 0 Å². The second kappa shape index (κ2) is 3.01. The molecule has 0 bridgehead atoms. The van der Waals surface area contributed by atoms with Crippen LogP contribution in [0.5, 0.6) is 0 Å². The molecule has 0 aromatic heterocycles. The molecule has 66 valence electrons. The molecule has 1 aliphatic rings. The van der Waals surface area contributed by atoms with E-state index < -0.39 is 5.79 Å². The Hall–Kier alpha value is -1.25. The van der Waals surface area contributed by atoms with Gasteiger partial charge in [-0.1, -0.05) is 6.08 Å². The molecule has 0 aliphatic carbocycles. The Bertz CT molecular complexity index is 238. The van der Waals surface area contributed by atoms with E-state index in [1.54, 1.807) is 19.9 Å². The van der Waals surface area contributed by atoms with E-state index in [4.69, 9.17) is 9.47 Å². The highest BCUT2D eigenvalue weighted by Gasteiger charge is 2.29. The quantitative estimate of drug-likeness (QED) is 0.465. The Labute approximate surface area is 71.7 Å². The summed E-state index contributed by atoms with van der Waals surface area (Å²) >= 11 is 0. The molecule has 1 rings (SSSR count). The van der Waals surface area contributed by atoms with E-state index in [2.05, 4.69) is 6.58 Å². The first-order valence-corrected chi connectivity index (χ1v) is 3.77. The Morgan fingerprint density at radius 2 is 2.25 bits per heavy atom. The molecule has 3 nitrogen and oxygen atoms in total. The second-order valence-corrected chi connectivity index (χ2v) is 3.03. The van der Waals surface area contributed by atoms with Crippen molar-refractivity contribution >= 4 is 5.97 Å². The third-order valence-electron chi connectivity index (χ3n) is 1.35. The van der Waals surface area contributed by atoms with E-state index in [0.29, 0.717) is 12.2 Å². The van der Waals surface area contributed by atoms with Gasteiger partial charge in [-0.25, -0.2) is 4.79 Å². The molecular formula is C9H12O3. The first-order chi connectivity index (χ1) is 5.53. The molecule has 0 aromatic rings. The highest BCUT2D eigenvalue weighted by molar-refractivity contribution is 5.83. The lowest BCUT2D eigenvalue weighted by atomic mass is 10.2. The molecule has 1 heterocycles. The summed E-state index contributed by atoms with van der Waals surface area (Å²) in [6.07, 6.45) is 3.58. The fourth-order valence-electron chi connectivity index (χ4n) is 1.01. The number of allylic oxidation sites excluding steroid dienone is 1. The van der Waals surface area contributed by atoms with E-state index in [1.165, 1.54) is 6.08 Å². The molecule has 0 saturated carbocycles. The van der Waals surface area contributed by atoms with Crippen LogP contribution in [0.1, 0.15) is 20.3 Å². The lowest BCUT2D eigenvalue weighted by molar-refractivity contribution is -0.205. The van der Waals surface area contributed by atoms with Gasteiger partial charge in [-0.15, -0.1) is 6.58 Å². The van der Waals surface area contributed by atoms with Crippen LogP contribution in [-0.2, 0) is 14.3 Å². The van der Waals surface area contributed by atoms with Crippen LogP contribution in [0.25, 0.3) is 0 Å². The number of rotatable bonds is 2. The topological polar surface area (TPSA) is 35.5 Å². The molecule has 3 heteroatoms. The van der Waals surface area contributed by atoms with E-state index in [9.17, 15) is 4.79 Å². The van der Waals surface area contributed by atoms with Gasteiger partial charge >= 0.3 is 5.97 Å². The van der Waals surface area contributed by atoms with Crippen LogP contribution in [0, 0.1) is 0 Å². The van der Waals surface area contributed by atoms with Gasteiger partial charge in [-0.05, 0) is 0 Å². The Kier molecular flexibility index (Phi) is 2.22. The van der Waals surface area contributed by atoms with Gasteiger partial charge in [-0.2, -0.15) is 0 Å². The van der Waals surface area contributed by atoms with Gasteiger partial charge in [0.15, 0.2) is 0 Å². The maximum atomic E-state index is 11.0. The molecule has 0 fully saturated rings. The van der Waals surface area contributed by atoms with Crippen LogP contribution in [0.3, 0.4) is 0 Å². The largest absolute Gasteiger partial charge is 0.457 e. The summed E-state index contributed by atoms with van der Waals surface area (Å²) in [7, 11) is 0. The number of esters is 1. The standard InChI is InChI=1S/C9H12O3/c1-4-5-7-6-8(10)12-9(2,3)11-7/h4,6H,1,5H2,2-3H3. The molecule has 0 amide bonds. The number of carbonyl (C=O) groups excluding carboxylic acids is 1. The summed E-state index contributed by atoms with van der Waals surface area (Å²) in [5, 5.41) is 0. The first-order valence-electron chi connectivity index (χ1n) is 3.77. The molecular weight excluding hydrogens is 156 g/mol. The van der Waals surface area contributed by atoms with Crippen LogP contribution in [0.2, 0.25) is 0 Å². The number of hydrogen-bond acceptors (Lipinski definition) is 3. The minimum atomic E-state index is -0.843. The SMILES string of the molecule is C=CCC1=CC(=O)OC(C)(C)O1. The number of ether oxygens (including phenoxy) is 2. The highest BCUT2D eigenvalue weighted by Crippen LogP contribution is 2.23. The van der Waals surface area contributed by atoms with E-state index in [-0.39, 0.29) is 5.97 Å². The van der Waals surface area contributed by atoms with Crippen molar-refractivity contribution in [2.75, 3.05) is 0 Å². The predicted molar refractivity (Wildman–Crippen MR) is 44.2 cm³/mol. The second-order valence-electron chi connectivity index (χ2n) is 3.03. The minimum Gasteiger partial charge on any atom is -0.457 e. The average Bonchev–Trinajstić information content (AvgIpc) is 1.82. The van der Waals surface area contributed by atoms with Crippen molar-refractivity contribution in [1.29, 1.82) is 0 Å². The van der Waals surface area contributed by atoms with Gasteiger partial charge in [0.2, 0.25) is 5.79 Å². The zero-order valence-corrected chi connectivity index (χ0v) is 7.29. The molecule has 0 radical (unpaired) electrons. The van der Waals surface area contributed by atoms with Crippen molar-refractivity contribution < 1.29 is 14.3 Å². The maximum Gasteiger partial charge on any atom is 0.337 e. The molecule has 0 aromatic carbocycles. The maximum absolute atomic E-state index is 11.0. The van der Waals surface area contributed by atoms with Crippen LogP contribution in [-0.4, -0.2) is 11.8 Å². The predicted octanol–water partition coefficient (Wildman–Crippen LogP) is 1.76. The third-order valence-corrected chi connectivity index (χ3v) is 1.35. The Balaban J connectivity index is 2.76. The highest BCUT2D eigenvalue weighted by atomic mass is 16.7. The number of carbonyl (C=O) groups is 1. The minimum absolute atomic E-state index is 0.358. The Morgan fingerprint density at radius 3 is 2.75 bits per heavy atom. The monoisotopic (exact) mass is 168 g/mol. The van der Waals surface area contributed by atoms with Crippen LogP contribution in [0.15, 0.2) is 24.5 Å².